The molecule has 1 unspecified atom stereocenters. The van der Waals surface area contributed by atoms with E-state index in [0.717, 1.165) is 17.0 Å². The van der Waals surface area contributed by atoms with Gasteiger partial charge in [0.25, 0.3) is 0 Å². The lowest BCUT2D eigenvalue weighted by Gasteiger charge is -2.11. The van der Waals surface area contributed by atoms with Gasteiger partial charge in [-0.3, -0.25) is 0 Å². The summed E-state index contributed by atoms with van der Waals surface area (Å²) in [4.78, 5) is 14.2. The molecular formula is C30H28F2N6O5. The minimum atomic E-state index is -1.09. The largest absolute Gasteiger partial charge is 0.453 e. The Morgan fingerprint density at radius 1 is 0.744 bits per heavy atom. The van der Waals surface area contributed by atoms with Crippen LogP contribution in [0.3, 0.4) is 0 Å². The molecule has 1 atom stereocenters. The molecule has 0 fully saturated rings. The summed E-state index contributed by atoms with van der Waals surface area (Å²) in [6.45, 7) is -0.435. The van der Waals surface area contributed by atoms with Crippen molar-refractivity contribution in [3.8, 4) is 23.0 Å². The highest BCUT2D eigenvalue weighted by Crippen LogP contribution is 2.35. The highest BCUT2D eigenvalue weighted by molar-refractivity contribution is 5.87. The molecule has 43 heavy (non-hydrogen) atoms. The molecule has 0 saturated carbocycles. The molecule has 0 bridgehead atoms. The fraction of sp³-hybridized carbons (Fsp3) is 0.133. The van der Waals surface area contributed by atoms with Crippen LogP contribution in [0.4, 0.5) is 20.2 Å². The van der Waals surface area contributed by atoms with E-state index < -0.39 is 24.3 Å². The Labute approximate surface area is 243 Å². The monoisotopic (exact) mass is 590 g/mol. The van der Waals surface area contributed by atoms with Crippen molar-refractivity contribution in [2.45, 2.75) is 12.5 Å². The molecule has 2 aromatic carbocycles. The number of anilines is 2. The van der Waals surface area contributed by atoms with Crippen molar-refractivity contribution in [2.24, 2.45) is 0 Å². The van der Waals surface area contributed by atoms with Gasteiger partial charge in [-0.25, -0.2) is 18.7 Å². The first kappa shape index (κ1) is 29.3. The van der Waals surface area contributed by atoms with E-state index in [1.165, 1.54) is 36.7 Å². The Bertz CT molecular complexity index is 1880. The molecule has 13 heteroatoms. The van der Waals surface area contributed by atoms with Gasteiger partial charge in [0, 0.05) is 60.5 Å². The molecule has 6 rings (SSSR count). The lowest BCUT2D eigenvalue weighted by atomic mass is 10.1. The third-order valence-corrected chi connectivity index (χ3v) is 6.45. The number of fused-ring (bicyclic) bond motifs is 2. The number of nitrogen functional groups attached to an aromatic ring is 2. The molecule has 0 aliphatic heterocycles. The fourth-order valence-corrected chi connectivity index (χ4v) is 4.43. The van der Waals surface area contributed by atoms with Crippen LogP contribution in [-0.4, -0.2) is 48.5 Å². The highest BCUT2D eigenvalue weighted by atomic mass is 19.1. The van der Waals surface area contributed by atoms with Crippen LogP contribution in [0.15, 0.2) is 73.3 Å². The van der Waals surface area contributed by atoms with Crippen LogP contribution in [-0.2, 0) is 6.42 Å². The first-order chi connectivity index (χ1) is 20.8. The molecule has 0 amide bonds. The zero-order chi connectivity index (χ0) is 30.5. The van der Waals surface area contributed by atoms with Gasteiger partial charge in [-0.05, 0) is 48.4 Å². The maximum absolute atomic E-state index is 13.9. The van der Waals surface area contributed by atoms with Crippen molar-refractivity contribution < 1.29 is 33.6 Å². The SMILES string of the molecule is Nc1ccc(Oc2ccnc3[nH]cc(C(O)CO)c23)c(F)c1.Nc1ccc(Oc2ccnc3[nH]cc(CCO)c23)c(F)c1. The second-order valence-electron chi connectivity index (χ2n) is 9.38. The van der Waals surface area contributed by atoms with E-state index in [4.69, 9.17) is 31.2 Å². The van der Waals surface area contributed by atoms with Crippen LogP contribution in [0.2, 0.25) is 0 Å². The molecule has 0 aliphatic carbocycles. The summed E-state index contributed by atoms with van der Waals surface area (Å²) in [5.74, 6) is -0.227. The number of aliphatic hydroxyl groups excluding tert-OH is 3. The fourth-order valence-electron chi connectivity index (χ4n) is 4.43. The summed E-state index contributed by atoms with van der Waals surface area (Å²) in [5.41, 5.74) is 14.0. The van der Waals surface area contributed by atoms with Crippen LogP contribution in [0.5, 0.6) is 23.0 Å². The second kappa shape index (κ2) is 12.7. The van der Waals surface area contributed by atoms with E-state index in [1.54, 1.807) is 30.6 Å². The Hall–Kier alpha value is -5.24. The zero-order valence-corrected chi connectivity index (χ0v) is 22.6. The van der Waals surface area contributed by atoms with E-state index >= 15 is 0 Å². The lowest BCUT2D eigenvalue weighted by molar-refractivity contribution is 0.0966. The molecule has 0 saturated heterocycles. The van der Waals surface area contributed by atoms with E-state index in [-0.39, 0.29) is 18.1 Å². The molecule has 0 aliphatic rings. The number of halogens is 2. The number of hydrogen-bond donors (Lipinski definition) is 7. The molecule has 9 N–H and O–H groups in total. The van der Waals surface area contributed by atoms with E-state index in [9.17, 15) is 13.9 Å². The van der Waals surface area contributed by atoms with E-state index in [2.05, 4.69) is 19.9 Å². The summed E-state index contributed by atoms with van der Waals surface area (Å²) in [7, 11) is 0. The average molecular weight is 591 g/mol. The number of nitrogens with zero attached hydrogens (tertiary/aromatic N) is 2. The van der Waals surface area contributed by atoms with Crippen molar-refractivity contribution in [3.05, 3.63) is 96.1 Å². The summed E-state index contributed by atoms with van der Waals surface area (Å²) < 4.78 is 39.0. The van der Waals surface area contributed by atoms with Crippen LogP contribution in [0.1, 0.15) is 17.2 Å². The van der Waals surface area contributed by atoms with Gasteiger partial charge >= 0.3 is 0 Å². The van der Waals surface area contributed by atoms with Crippen molar-refractivity contribution in [2.75, 3.05) is 24.7 Å². The number of aromatic nitrogens is 4. The van der Waals surface area contributed by atoms with E-state index in [1.807, 2.05) is 0 Å². The third kappa shape index (κ3) is 6.33. The molecule has 11 nitrogen and oxygen atoms in total. The van der Waals surface area contributed by atoms with Gasteiger partial charge < -0.3 is 46.2 Å². The Morgan fingerprint density at radius 3 is 1.81 bits per heavy atom. The first-order valence-electron chi connectivity index (χ1n) is 13.1. The number of benzene rings is 2. The summed E-state index contributed by atoms with van der Waals surface area (Å²) in [6.07, 6.45) is 5.75. The number of aliphatic hydroxyl groups is 3. The number of aromatic amines is 2. The molecule has 0 spiro atoms. The number of ether oxygens (including phenoxy) is 2. The van der Waals surface area contributed by atoms with Crippen LogP contribution in [0, 0.1) is 11.6 Å². The minimum Gasteiger partial charge on any atom is -0.453 e. The maximum Gasteiger partial charge on any atom is 0.167 e. The van der Waals surface area contributed by atoms with Crippen molar-refractivity contribution in [1.82, 2.24) is 19.9 Å². The van der Waals surface area contributed by atoms with Crippen LogP contribution < -0.4 is 20.9 Å². The molecule has 4 aromatic heterocycles. The normalized spacial score (nSPS) is 11.7. The highest BCUT2D eigenvalue weighted by Gasteiger charge is 2.18. The van der Waals surface area contributed by atoms with Gasteiger partial charge in [0.1, 0.15) is 28.9 Å². The predicted octanol–water partition coefficient (Wildman–Crippen LogP) is 4.71. The molecule has 4 heterocycles. The number of rotatable bonds is 8. The zero-order valence-electron chi connectivity index (χ0n) is 22.6. The number of H-pyrrole nitrogens is 2. The smallest absolute Gasteiger partial charge is 0.167 e. The number of hydrogen-bond acceptors (Lipinski definition) is 9. The quantitative estimate of drug-likeness (QED) is 0.123. The molecule has 6 aromatic rings. The van der Waals surface area contributed by atoms with Gasteiger partial charge in [-0.2, -0.15) is 0 Å². The second-order valence-corrected chi connectivity index (χ2v) is 9.38. The summed E-state index contributed by atoms with van der Waals surface area (Å²) >= 11 is 0. The third-order valence-electron chi connectivity index (χ3n) is 6.45. The van der Waals surface area contributed by atoms with Crippen LogP contribution in [0.25, 0.3) is 22.1 Å². The minimum absolute atomic E-state index is 0.00679. The van der Waals surface area contributed by atoms with Gasteiger partial charge in [-0.1, -0.05) is 0 Å². The number of pyridine rings is 2. The number of nitrogens with two attached hydrogens (primary N) is 2. The van der Waals surface area contributed by atoms with Gasteiger partial charge in [0.2, 0.25) is 0 Å². The van der Waals surface area contributed by atoms with E-state index in [0.29, 0.717) is 51.5 Å². The van der Waals surface area contributed by atoms with Crippen molar-refractivity contribution >= 4 is 33.4 Å². The molecular weight excluding hydrogens is 562 g/mol. The Morgan fingerprint density at radius 2 is 1.28 bits per heavy atom. The van der Waals surface area contributed by atoms with Gasteiger partial charge in [0.05, 0.1) is 17.4 Å². The van der Waals surface area contributed by atoms with Gasteiger partial charge in [0.15, 0.2) is 23.1 Å². The maximum atomic E-state index is 13.9. The lowest BCUT2D eigenvalue weighted by Crippen LogP contribution is -2.02. The Balaban J connectivity index is 0.000000171. The average Bonchev–Trinajstić information content (AvgIpc) is 3.62. The standard InChI is InChI=1S/C15H14FN3O3.C15H14FN3O2/c16-10-5-8(17)1-2-12(10)22-13-3-4-18-15-14(13)9(6-19-15)11(21)7-20;16-11-7-10(17)1-2-12(11)21-13-3-5-18-15-14(13)9(4-6-20)8-19-15/h1-6,11,20-21H,7,17H2,(H,18,19);1-3,5,7-8,20H,4,6,17H2,(H,18,19). The number of nitrogens with one attached hydrogen (secondary N) is 2. The topological polar surface area (TPSA) is 189 Å². The van der Waals surface area contributed by atoms with Crippen molar-refractivity contribution in [3.63, 3.8) is 0 Å². The van der Waals surface area contributed by atoms with Crippen LogP contribution >= 0.6 is 0 Å². The Kier molecular flexibility index (Phi) is 8.66. The summed E-state index contributed by atoms with van der Waals surface area (Å²) in [6, 6.07) is 11.6. The predicted molar refractivity (Wildman–Crippen MR) is 157 cm³/mol. The summed E-state index contributed by atoms with van der Waals surface area (Å²) in [5, 5.41) is 29.3. The van der Waals surface area contributed by atoms with Gasteiger partial charge in [-0.15, -0.1) is 0 Å². The first-order valence-corrected chi connectivity index (χ1v) is 13.1. The van der Waals surface area contributed by atoms with Crippen molar-refractivity contribution in [1.29, 1.82) is 0 Å². The molecule has 222 valence electrons. The molecule has 0 radical (unpaired) electrons.